The zero-order valence-corrected chi connectivity index (χ0v) is 13.6. The van der Waals surface area contributed by atoms with Crippen molar-refractivity contribution in [2.24, 2.45) is 0 Å². The van der Waals surface area contributed by atoms with Crippen LogP contribution in [0.5, 0.6) is 0 Å². The van der Waals surface area contributed by atoms with Crippen molar-refractivity contribution in [1.29, 1.82) is 0 Å². The van der Waals surface area contributed by atoms with Crippen LogP contribution in [0.1, 0.15) is 17.2 Å². The highest BCUT2D eigenvalue weighted by atomic mass is 35.5. The third kappa shape index (κ3) is 3.39. The Morgan fingerprint density at radius 3 is 2.70 bits per heavy atom. The van der Waals surface area contributed by atoms with Crippen molar-refractivity contribution in [2.75, 3.05) is 18.9 Å². The Morgan fingerprint density at radius 2 is 1.96 bits per heavy atom. The summed E-state index contributed by atoms with van der Waals surface area (Å²) < 4.78 is 0. The molecule has 5 heteroatoms. The molecule has 0 unspecified atom stereocenters. The van der Waals surface area contributed by atoms with E-state index >= 15 is 0 Å². The molecule has 0 fully saturated rings. The van der Waals surface area contributed by atoms with Gasteiger partial charge in [-0.25, -0.2) is 0 Å². The Bertz CT molecular complexity index is 720. The normalized spacial score (nSPS) is 19.7. The van der Waals surface area contributed by atoms with Crippen molar-refractivity contribution in [3.05, 3.63) is 64.7 Å². The van der Waals surface area contributed by atoms with Gasteiger partial charge in [0.15, 0.2) is 0 Å². The van der Waals surface area contributed by atoms with E-state index in [0.29, 0.717) is 10.7 Å². The lowest BCUT2D eigenvalue weighted by Crippen LogP contribution is -2.40. The summed E-state index contributed by atoms with van der Waals surface area (Å²) in [6.07, 6.45) is 0.178. The molecule has 0 aliphatic heterocycles. The maximum Gasteiger partial charge on any atom is 0.238 e. The first kappa shape index (κ1) is 16.0. The third-order valence-corrected chi connectivity index (χ3v) is 4.60. The molecule has 3 rings (SSSR count). The number of likely N-dealkylation sites (N-methyl/N-ethyl adjacent to an activating group) is 1. The van der Waals surface area contributed by atoms with E-state index in [1.807, 2.05) is 48.3 Å². The minimum Gasteiger partial charge on any atom is -0.387 e. The second-order valence-electron chi connectivity index (χ2n) is 5.86. The second kappa shape index (κ2) is 6.71. The smallest absolute Gasteiger partial charge is 0.238 e. The first-order valence-electron chi connectivity index (χ1n) is 7.57. The molecular formula is C18H19ClN2O2. The highest BCUT2D eigenvalue weighted by molar-refractivity contribution is 6.33. The first-order valence-corrected chi connectivity index (χ1v) is 7.94. The lowest BCUT2D eigenvalue weighted by atomic mass is 10.1. The van der Waals surface area contributed by atoms with Crippen molar-refractivity contribution < 1.29 is 9.90 Å². The molecule has 2 N–H and O–H groups in total. The molecule has 0 aromatic heterocycles. The molecule has 0 radical (unpaired) electrons. The summed E-state index contributed by atoms with van der Waals surface area (Å²) in [6.45, 7) is 0.195. The fraction of sp³-hybridized carbons (Fsp3) is 0.278. The van der Waals surface area contributed by atoms with Gasteiger partial charge in [-0.1, -0.05) is 48.0 Å². The van der Waals surface area contributed by atoms with Crippen LogP contribution in [0.25, 0.3) is 0 Å². The first-order chi connectivity index (χ1) is 11.1. The van der Waals surface area contributed by atoms with Crippen LogP contribution in [0.3, 0.4) is 0 Å². The Balaban J connectivity index is 1.63. The van der Waals surface area contributed by atoms with E-state index in [0.717, 1.165) is 17.5 Å². The van der Waals surface area contributed by atoms with Gasteiger partial charge in [0.1, 0.15) is 0 Å². The summed E-state index contributed by atoms with van der Waals surface area (Å²) in [5.41, 5.74) is 2.70. The molecule has 0 heterocycles. The number of benzene rings is 2. The van der Waals surface area contributed by atoms with E-state index in [1.165, 1.54) is 0 Å². The second-order valence-corrected chi connectivity index (χ2v) is 6.27. The number of nitrogens with one attached hydrogen (secondary N) is 1. The van der Waals surface area contributed by atoms with Crippen LogP contribution < -0.4 is 5.32 Å². The summed E-state index contributed by atoms with van der Waals surface area (Å²) >= 11 is 6.05. The van der Waals surface area contributed by atoms with Crippen LogP contribution in [-0.2, 0) is 11.2 Å². The number of hydrogen-bond acceptors (Lipinski definition) is 3. The van der Waals surface area contributed by atoms with Gasteiger partial charge in [0, 0.05) is 6.04 Å². The Hall–Kier alpha value is -1.88. The molecule has 23 heavy (non-hydrogen) atoms. The summed E-state index contributed by atoms with van der Waals surface area (Å²) in [7, 11) is 1.85. The Kier molecular flexibility index (Phi) is 4.66. The van der Waals surface area contributed by atoms with Crippen molar-refractivity contribution in [1.82, 2.24) is 4.90 Å². The molecule has 2 atom stereocenters. The van der Waals surface area contributed by atoms with Crippen LogP contribution in [0.15, 0.2) is 48.5 Å². The van der Waals surface area contributed by atoms with Gasteiger partial charge in [-0.05, 0) is 36.7 Å². The van der Waals surface area contributed by atoms with Gasteiger partial charge in [0.05, 0.1) is 23.4 Å². The van der Waals surface area contributed by atoms with Gasteiger partial charge in [0.25, 0.3) is 0 Å². The van der Waals surface area contributed by atoms with Gasteiger partial charge in [0.2, 0.25) is 5.91 Å². The molecular weight excluding hydrogens is 312 g/mol. The van der Waals surface area contributed by atoms with E-state index in [2.05, 4.69) is 5.32 Å². The minimum absolute atomic E-state index is 0.0932. The molecule has 120 valence electrons. The number of fused-ring (bicyclic) bond motifs is 1. The molecule has 1 aliphatic rings. The van der Waals surface area contributed by atoms with E-state index in [4.69, 9.17) is 11.6 Å². The molecule has 2 aromatic rings. The molecule has 0 spiro atoms. The van der Waals surface area contributed by atoms with Crippen LogP contribution in [-0.4, -0.2) is 35.5 Å². The number of aliphatic hydroxyl groups is 1. The average Bonchev–Trinajstić information content (AvgIpc) is 2.87. The largest absolute Gasteiger partial charge is 0.387 e. The van der Waals surface area contributed by atoms with Gasteiger partial charge >= 0.3 is 0 Å². The molecule has 4 nitrogen and oxygen atoms in total. The summed E-state index contributed by atoms with van der Waals surface area (Å²) in [4.78, 5) is 14.1. The van der Waals surface area contributed by atoms with Crippen LogP contribution in [0.4, 0.5) is 5.69 Å². The highest BCUT2D eigenvalue weighted by Crippen LogP contribution is 2.33. The SMILES string of the molecule is CN(CC(=O)Nc1ccccc1Cl)[C@H]1Cc2ccccc2[C@@H]1O. The van der Waals surface area contributed by atoms with Gasteiger partial charge in [-0.2, -0.15) is 0 Å². The predicted molar refractivity (Wildman–Crippen MR) is 91.6 cm³/mol. The van der Waals surface area contributed by atoms with E-state index in [1.54, 1.807) is 12.1 Å². The number of nitrogens with zero attached hydrogens (tertiary/aromatic N) is 1. The summed E-state index contributed by atoms with van der Waals surface area (Å²) in [6, 6.07) is 14.9. The van der Waals surface area contributed by atoms with Crippen LogP contribution in [0.2, 0.25) is 5.02 Å². The summed E-state index contributed by atoms with van der Waals surface area (Å²) in [5.74, 6) is -0.149. The Morgan fingerprint density at radius 1 is 1.26 bits per heavy atom. The monoisotopic (exact) mass is 330 g/mol. The lowest BCUT2D eigenvalue weighted by Gasteiger charge is -2.26. The molecule has 0 saturated carbocycles. The number of amides is 1. The maximum atomic E-state index is 12.2. The molecule has 1 amide bonds. The predicted octanol–water partition coefficient (Wildman–Crippen LogP) is 2.87. The standard InChI is InChI=1S/C18H19ClN2O2/c1-21(11-17(22)20-15-9-5-4-8-14(15)19)16-10-12-6-2-3-7-13(12)18(16)23/h2-9,16,18,23H,10-11H2,1H3,(H,20,22)/t16-,18-/m0/s1. The number of carbonyl (C=O) groups excluding carboxylic acids is 1. The number of rotatable bonds is 4. The molecule has 0 bridgehead atoms. The van der Waals surface area contributed by atoms with Crippen LogP contribution >= 0.6 is 11.6 Å². The molecule has 0 saturated heterocycles. The van der Waals surface area contributed by atoms with Crippen molar-refractivity contribution in [3.8, 4) is 0 Å². The van der Waals surface area contributed by atoms with Gasteiger partial charge < -0.3 is 10.4 Å². The maximum absolute atomic E-state index is 12.2. The van der Waals surface area contributed by atoms with Crippen molar-refractivity contribution >= 4 is 23.2 Å². The van der Waals surface area contributed by atoms with E-state index in [-0.39, 0.29) is 18.5 Å². The lowest BCUT2D eigenvalue weighted by molar-refractivity contribution is -0.117. The number of hydrogen-bond donors (Lipinski definition) is 2. The number of halogens is 1. The number of aliphatic hydroxyl groups excluding tert-OH is 1. The fourth-order valence-electron chi connectivity index (χ4n) is 3.05. The number of carbonyl (C=O) groups is 1. The van der Waals surface area contributed by atoms with E-state index in [9.17, 15) is 9.90 Å². The van der Waals surface area contributed by atoms with Crippen molar-refractivity contribution in [3.63, 3.8) is 0 Å². The quantitative estimate of drug-likeness (QED) is 0.906. The number of anilines is 1. The topological polar surface area (TPSA) is 52.6 Å². The average molecular weight is 331 g/mol. The number of para-hydroxylation sites is 1. The molecule has 1 aliphatic carbocycles. The van der Waals surface area contributed by atoms with E-state index < -0.39 is 6.10 Å². The van der Waals surface area contributed by atoms with Crippen LogP contribution in [0, 0.1) is 0 Å². The fourth-order valence-corrected chi connectivity index (χ4v) is 3.23. The zero-order valence-electron chi connectivity index (χ0n) is 12.9. The Labute approximate surface area is 140 Å². The summed E-state index contributed by atoms with van der Waals surface area (Å²) in [5, 5.41) is 13.8. The third-order valence-electron chi connectivity index (χ3n) is 4.27. The minimum atomic E-state index is -0.565. The zero-order chi connectivity index (χ0) is 16.4. The van der Waals surface area contributed by atoms with Gasteiger partial charge in [-0.15, -0.1) is 0 Å². The van der Waals surface area contributed by atoms with Crippen molar-refractivity contribution in [2.45, 2.75) is 18.6 Å². The molecule has 2 aromatic carbocycles. The van der Waals surface area contributed by atoms with Gasteiger partial charge in [-0.3, -0.25) is 9.69 Å². The highest BCUT2D eigenvalue weighted by Gasteiger charge is 2.33.